The molecule has 0 amide bonds. The minimum Gasteiger partial charge on any atom is -0.516 e. The van der Waals surface area contributed by atoms with Crippen LogP contribution in [0.5, 0.6) is 0 Å². The van der Waals surface area contributed by atoms with Crippen LogP contribution in [0.4, 0.5) is 0 Å². The molecule has 0 saturated carbocycles. The maximum atomic E-state index is 12.5. The molecular formula is C16H22N2O3. The molecule has 5 heteroatoms. The molecule has 0 spiro atoms. The molecule has 21 heavy (non-hydrogen) atoms. The standard InChI is InChI=1S/C16H22N2O3/c1-5-13(17)9-10(2)16(21)15(11(3)12(4)20)14(18)7-6-8-19/h5-9,19H,17-18H2,1-4H3/b8-6+,10-9+,13-5+,14-7+,15-11-. The number of Topliss-reactive ketones (excluding diaryl/α,β-unsaturated/α-hetero) is 2. The van der Waals surface area contributed by atoms with E-state index < -0.39 is 0 Å². The van der Waals surface area contributed by atoms with Crippen LogP contribution in [0.15, 0.2) is 58.7 Å². The Morgan fingerprint density at radius 3 is 2.10 bits per heavy atom. The highest BCUT2D eigenvalue weighted by molar-refractivity contribution is 6.15. The van der Waals surface area contributed by atoms with Crippen LogP contribution in [0.2, 0.25) is 0 Å². The lowest BCUT2D eigenvalue weighted by Crippen LogP contribution is -2.17. The molecule has 0 heterocycles. The van der Waals surface area contributed by atoms with E-state index in [1.54, 1.807) is 19.9 Å². The van der Waals surface area contributed by atoms with Crippen molar-refractivity contribution in [1.82, 2.24) is 0 Å². The van der Waals surface area contributed by atoms with Crippen molar-refractivity contribution in [2.24, 2.45) is 11.5 Å². The van der Waals surface area contributed by atoms with Gasteiger partial charge in [0.25, 0.3) is 0 Å². The van der Waals surface area contributed by atoms with Crippen molar-refractivity contribution in [1.29, 1.82) is 0 Å². The van der Waals surface area contributed by atoms with Crippen LogP contribution < -0.4 is 11.5 Å². The lowest BCUT2D eigenvalue weighted by atomic mass is 9.94. The Morgan fingerprint density at radius 1 is 1.10 bits per heavy atom. The first kappa shape index (κ1) is 18.4. The van der Waals surface area contributed by atoms with Crippen LogP contribution in [-0.2, 0) is 9.59 Å². The van der Waals surface area contributed by atoms with Gasteiger partial charge in [0.15, 0.2) is 11.6 Å². The molecule has 0 aromatic rings. The maximum Gasteiger partial charge on any atom is 0.191 e. The van der Waals surface area contributed by atoms with Gasteiger partial charge >= 0.3 is 0 Å². The first-order valence-electron chi connectivity index (χ1n) is 6.39. The minimum atomic E-state index is -0.382. The highest BCUT2D eigenvalue weighted by atomic mass is 16.2. The second kappa shape index (κ2) is 8.58. The third-order valence-electron chi connectivity index (χ3n) is 2.86. The molecule has 114 valence electrons. The number of rotatable bonds is 6. The summed E-state index contributed by atoms with van der Waals surface area (Å²) in [6.45, 7) is 6.24. The van der Waals surface area contributed by atoms with Crippen LogP contribution in [-0.4, -0.2) is 16.7 Å². The molecule has 0 unspecified atom stereocenters. The Hall–Kier alpha value is -2.56. The summed E-state index contributed by atoms with van der Waals surface area (Å²) in [6, 6.07) is 0. The average Bonchev–Trinajstić information content (AvgIpc) is 2.44. The predicted molar refractivity (Wildman–Crippen MR) is 84.1 cm³/mol. The van der Waals surface area contributed by atoms with Gasteiger partial charge in [-0.15, -0.1) is 0 Å². The van der Waals surface area contributed by atoms with Crippen LogP contribution >= 0.6 is 0 Å². The third kappa shape index (κ3) is 5.52. The number of aliphatic hydroxyl groups excluding tert-OH is 1. The molecule has 0 fully saturated rings. The van der Waals surface area contributed by atoms with Gasteiger partial charge in [-0.2, -0.15) is 0 Å². The highest BCUT2D eigenvalue weighted by Crippen LogP contribution is 2.18. The average molecular weight is 290 g/mol. The molecule has 0 radical (unpaired) electrons. The molecule has 0 atom stereocenters. The first-order valence-corrected chi connectivity index (χ1v) is 6.39. The van der Waals surface area contributed by atoms with Crippen LogP contribution in [0.1, 0.15) is 27.7 Å². The van der Waals surface area contributed by atoms with Crippen LogP contribution in [0.25, 0.3) is 0 Å². The van der Waals surface area contributed by atoms with Gasteiger partial charge in [0, 0.05) is 17.0 Å². The number of aliphatic hydroxyl groups is 1. The molecule has 0 aliphatic rings. The Balaban J connectivity index is 5.98. The van der Waals surface area contributed by atoms with E-state index in [0.29, 0.717) is 11.3 Å². The SMILES string of the molecule is C/C=C(N)\C=C(/C)C(=O)C(=C(/C)C(C)=O)/C(N)=C\C=C\O. The molecule has 0 aromatic carbocycles. The molecular weight excluding hydrogens is 268 g/mol. The van der Waals surface area contributed by atoms with Crippen molar-refractivity contribution in [2.75, 3.05) is 0 Å². The number of nitrogens with two attached hydrogens (primary N) is 2. The summed E-state index contributed by atoms with van der Waals surface area (Å²) in [5, 5.41) is 8.66. The molecule has 0 bridgehead atoms. The fourth-order valence-electron chi connectivity index (χ4n) is 1.52. The van der Waals surface area contributed by atoms with E-state index in [1.807, 2.05) is 0 Å². The Labute approximate surface area is 125 Å². The minimum absolute atomic E-state index is 0.102. The Kier molecular flexibility index (Phi) is 7.53. The van der Waals surface area contributed by atoms with Crippen molar-refractivity contribution >= 4 is 11.6 Å². The predicted octanol–water partition coefficient (Wildman–Crippen LogP) is 2.18. The van der Waals surface area contributed by atoms with Crippen molar-refractivity contribution in [3.05, 3.63) is 58.7 Å². The van der Waals surface area contributed by atoms with Crippen LogP contribution in [0.3, 0.4) is 0 Å². The summed E-state index contributed by atoms with van der Waals surface area (Å²) in [6.07, 6.45) is 6.59. The largest absolute Gasteiger partial charge is 0.516 e. The Morgan fingerprint density at radius 2 is 1.67 bits per heavy atom. The summed E-state index contributed by atoms with van der Waals surface area (Å²) in [5.41, 5.74) is 12.8. The number of ketones is 2. The van der Waals surface area contributed by atoms with Gasteiger partial charge in [0.2, 0.25) is 0 Å². The van der Waals surface area contributed by atoms with E-state index in [4.69, 9.17) is 16.6 Å². The summed E-state index contributed by atoms with van der Waals surface area (Å²) in [5.74, 6) is -0.637. The fourth-order valence-corrected chi connectivity index (χ4v) is 1.52. The van der Waals surface area contributed by atoms with Gasteiger partial charge in [-0.1, -0.05) is 6.08 Å². The smallest absolute Gasteiger partial charge is 0.191 e. The summed E-state index contributed by atoms with van der Waals surface area (Å²) >= 11 is 0. The summed E-state index contributed by atoms with van der Waals surface area (Å²) in [7, 11) is 0. The number of carbonyl (C=O) groups excluding carboxylic acids is 2. The summed E-state index contributed by atoms with van der Waals surface area (Å²) < 4.78 is 0. The van der Waals surface area contributed by atoms with Crippen molar-refractivity contribution in [3.63, 3.8) is 0 Å². The highest BCUT2D eigenvalue weighted by Gasteiger charge is 2.19. The number of allylic oxidation sites excluding steroid dienone is 7. The normalized spacial score (nSPS) is 15.1. The zero-order valence-electron chi connectivity index (χ0n) is 12.8. The maximum absolute atomic E-state index is 12.5. The molecule has 0 saturated heterocycles. The van der Waals surface area contributed by atoms with E-state index in [-0.39, 0.29) is 28.4 Å². The van der Waals surface area contributed by atoms with Crippen molar-refractivity contribution in [3.8, 4) is 0 Å². The second-order valence-corrected chi connectivity index (χ2v) is 4.46. The van der Waals surface area contributed by atoms with Gasteiger partial charge in [-0.05, 0) is 51.5 Å². The van der Waals surface area contributed by atoms with E-state index in [9.17, 15) is 9.59 Å². The fraction of sp³-hybridized carbons (Fsp3) is 0.250. The van der Waals surface area contributed by atoms with Gasteiger partial charge < -0.3 is 16.6 Å². The van der Waals surface area contributed by atoms with Crippen molar-refractivity contribution < 1.29 is 14.7 Å². The second-order valence-electron chi connectivity index (χ2n) is 4.46. The van der Waals surface area contributed by atoms with Gasteiger partial charge in [0.1, 0.15) is 0 Å². The van der Waals surface area contributed by atoms with Gasteiger partial charge in [-0.3, -0.25) is 9.59 Å². The molecule has 0 aliphatic heterocycles. The molecule has 5 N–H and O–H groups in total. The van der Waals surface area contributed by atoms with E-state index in [0.717, 1.165) is 6.26 Å². The molecule has 5 nitrogen and oxygen atoms in total. The topological polar surface area (TPSA) is 106 Å². The van der Waals surface area contributed by atoms with Gasteiger partial charge in [-0.25, -0.2) is 0 Å². The number of hydrogen-bond acceptors (Lipinski definition) is 5. The summed E-state index contributed by atoms with van der Waals surface area (Å²) in [4.78, 5) is 24.0. The van der Waals surface area contributed by atoms with Crippen molar-refractivity contribution in [2.45, 2.75) is 27.7 Å². The molecule has 0 rings (SSSR count). The third-order valence-corrected chi connectivity index (χ3v) is 2.86. The monoisotopic (exact) mass is 290 g/mol. The zero-order valence-corrected chi connectivity index (χ0v) is 12.8. The zero-order chi connectivity index (χ0) is 16.6. The molecule has 0 aromatic heterocycles. The van der Waals surface area contributed by atoms with E-state index in [1.165, 1.54) is 32.1 Å². The quantitative estimate of drug-likeness (QED) is 0.395. The van der Waals surface area contributed by atoms with E-state index in [2.05, 4.69) is 0 Å². The lowest BCUT2D eigenvalue weighted by molar-refractivity contribution is -0.115. The first-order chi connectivity index (χ1) is 9.76. The van der Waals surface area contributed by atoms with Crippen LogP contribution in [0, 0.1) is 0 Å². The lowest BCUT2D eigenvalue weighted by Gasteiger charge is -2.11. The van der Waals surface area contributed by atoms with Gasteiger partial charge in [0.05, 0.1) is 11.8 Å². The van der Waals surface area contributed by atoms with E-state index >= 15 is 0 Å². The Bertz CT molecular complexity index is 576. The number of carbonyl (C=O) groups is 2. The molecule has 0 aliphatic carbocycles. The number of hydrogen-bond donors (Lipinski definition) is 3.